The van der Waals surface area contributed by atoms with Crippen molar-refractivity contribution in [2.24, 2.45) is 5.41 Å². The number of aliphatic hydroxyl groups is 1. The van der Waals surface area contributed by atoms with Gasteiger partial charge in [-0.05, 0) is 62.5 Å². The van der Waals surface area contributed by atoms with Crippen LogP contribution in [-0.2, 0) is 16.1 Å². The molecule has 168 valence electrons. The van der Waals surface area contributed by atoms with E-state index in [2.05, 4.69) is 14.9 Å². The van der Waals surface area contributed by atoms with Gasteiger partial charge in [-0.15, -0.1) is 0 Å². The molecule has 0 bridgehead atoms. The van der Waals surface area contributed by atoms with E-state index in [-0.39, 0.29) is 29.8 Å². The number of carbonyl (C=O) groups is 2. The molecule has 0 aliphatic carbocycles. The maximum absolute atomic E-state index is 13.2. The maximum Gasteiger partial charge on any atom is 0.338 e. The molecule has 3 aliphatic heterocycles. The lowest BCUT2D eigenvalue weighted by Crippen LogP contribution is -2.45. The first-order valence-electron chi connectivity index (χ1n) is 11.0. The lowest BCUT2D eigenvalue weighted by atomic mass is 9.77. The molecule has 0 radical (unpaired) electrons. The fourth-order valence-electron chi connectivity index (χ4n) is 5.25. The smallest absolute Gasteiger partial charge is 0.338 e. The first kappa shape index (κ1) is 20.8. The summed E-state index contributed by atoms with van der Waals surface area (Å²) < 4.78 is 5.12. The van der Waals surface area contributed by atoms with Crippen molar-refractivity contribution in [1.82, 2.24) is 14.9 Å². The third kappa shape index (κ3) is 3.41. The molecule has 3 N–H and O–H groups in total. The van der Waals surface area contributed by atoms with Gasteiger partial charge in [0.15, 0.2) is 0 Å². The number of hydrogen-bond donors (Lipinski definition) is 2. The van der Waals surface area contributed by atoms with E-state index in [1.54, 1.807) is 23.2 Å². The summed E-state index contributed by atoms with van der Waals surface area (Å²) in [5.41, 5.74) is 8.51. The van der Waals surface area contributed by atoms with Crippen LogP contribution in [0.5, 0.6) is 0 Å². The van der Waals surface area contributed by atoms with Gasteiger partial charge in [-0.1, -0.05) is 6.07 Å². The summed E-state index contributed by atoms with van der Waals surface area (Å²) in [6.45, 7) is 4.81. The van der Waals surface area contributed by atoms with Gasteiger partial charge in [0.25, 0.3) is 0 Å². The van der Waals surface area contributed by atoms with E-state index in [0.29, 0.717) is 24.5 Å². The Kier molecular flexibility index (Phi) is 5.10. The van der Waals surface area contributed by atoms with Gasteiger partial charge in [-0.3, -0.25) is 9.69 Å². The molecule has 5 rings (SSSR count). The van der Waals surface area contributed by atoms with E-state index in [9.17, 15) is 14.7 Å². The van der Waals surface area contributed by atoms with Crippen molar-refractivity contribution in [1.29, 1.82) is 0 Å². The van der Waals surface area contributed by atoms with Crippen LogP contribution in [0.15, 0.2) is 24.4 Å². The number of nitrogen functional groups attached to an aromatic ring is 1. The van der Waals surface area contributed by atoms with Crippen molar-refractivity contribution in [3.05, 3.63) is 46.6 Å². The molecule has 9 nitrogen and oxygen atoms in total. The molecule has 1 aromatic heterocycles. The first-order valence-corrected chi connectivity index (χ1v) is 11.0. The number of fused-ring (bicyclic) bond motifs is 1. The average Bonchev–Trinajstić information content (AvgIpc) is 3.31. The van der Waals surface area contributed by atoms with Crippen molar-refractivity contribution < 1.29 is 19.4 Å². The third-order valence-corrected chi connectivity index (χ3v) is 7.26. The number of β-amino-alcohol motifs (C(OH)–C–C–N with tert-alkyl or cyclic N) is 1. The predicted octanol–water partition coefficient (Wildman–Crippen LogP) is 1.59. The molecule has 1 amide bonds. The number of cyclic esters (lactones) is 1. The molecule has 1 spiro atoms. The third-order valence-electron chi connectivity index (χ3n) is 7.26. The van der Waals surface area contributed by atoms with Gasteiger partial charge < -0.3 is 20.5 Å². The van der Waals surface area contributed by atoms with Gasteiger partial charge in [0.1, 0.15) is 12.4 Å². The van der Waals surface area contributed by atoms with E-state index >= 15 is 0 Å². The van der Waals surface area contributed by atoms with Crippen molar-refractivity contribution in [2.75, 3.05) is 36.8 Å². The maximum atomic E-state index is 13.2. The molecule has 2 fully saturated rings. The van der Waals surface area contributed by atoms with Crippen molar-refractivity contribution >= 4 is 23.6 Å². The van der Waals surface area contributed by atoms with E-state index in [1.165, 1.54) is 0 Å². The van der Waals surface area contributed by atoms with Crippen LogP contribution in [0.4, 0.5) is 11.8 Å². The van der Waals surface area contributed by atoms with Gasteiger partial charge in [0.05, 0.1) is 17.1 Å². The highest BCUT2D eigenvalue weighted by Crippen LogP contribution is 2.43. The number of benzene rings is 1. The molecule has 1 aromatic carbocycles. The molecule has 9 heteroatoms. The SMILES string of the molecule is Cc1c(C(O)CN2CCC3(CC2)CCN(c2ccnc(N)n2)C3=O)ccc2c1COC2=O. The highest BCUT2D eigenvalue weighted by atomic mass is 16.5. The van der Waals surface area contributed by atoms with Crippen molar-refractivity contribution in [3.8, 4) is 0 Å². The number of aromatic nitrogens is 2. The molecule has 4 heterocycles. The van der Waals surface area contributed by atoms with E-state index in [4.69, 9.17) is 10.5 Å². The first-order chi connectivity index (χ1) is 15.4. The second-order valence-electron chi connectivity index (χ2n) is 8.96. The summed E-state index contributed by atoms with van der Waals surface area (Å²) in [5.74, 6) is 0.532. The van der Waals surface area contributed by atoms with E-state index in [0.717, 1.165) is 49.0 Å². The van der Waals surface area contributed by atoms with Gasteiger partial charge >= 0.3 is 5.97 Å². The zero-order chi connectivity index (χ0) is 22.5. The lowest BCUT2D eigenvalue weighted by molar-refractivity contribution is -0.128. The van der Waals surface area contributed by atoms with Crippen LogP contribution in [0.3, 0.4) is 0 Å². The van der Waals surface area contributed by atoms with Crippen LogP contribution in [0.25, 0.3) is 0 Å². The minimum atomic E-state index is -0.662. The molecule has 2 aromatic rings. The number of rotatable bonds is 4. The Balaban J connectivity index is 1.23. The topological polar surface area (TPSA) is 122 Å². The Labute approximate surface area is 186 Å². The molecule has 2 saturated heterocycles. The Morgan fingerprint density at radius 2 is 1.94 bits per heavy atom. The van der Waals surface area contributed by atoms with Crippen LogP contribution in [0.2, 0.25) is 0 Å². The van der Waals surface area contributed by atoms with E-state index in [1.807, 2.05) is 13.0 Å². The number of carbonyl (C=O) groups excluding carboxylic acids is 2. The number of aliphatic hydroxyl groups excluding tert-OH is 1. The fraction of sp³-hybridized carbons (Fsp3) is 0.478. The zero-order valence-corrected chi connectivity index (χ0v) is 18.1. The summed E-state index contributed by atoms with van der Waals surface area (Å²) >= 11 is 0. The minimum absolute atomic E-state index is 0.106. The number of amides is 1. The number of likely N-dealkylation sites (tertiary alicyclic amines) is 1. The number of esters is 1. The molecular weight excluding hydrogens is 410 g/mol. The summed E-state index contributed by atoms with van der Waals surface area (Å²) in [4.78, 5) is 37.0. The number of nitrogens with two attached hydrogens (primary N) is 1. The number of ether oxygens (including phenoxy) is 1. The van der Waals surface area contributed by atoms with Gasteiger partial charge in [-0.2, -0.15) is 4.98 Å². The zero-order valence-electron chi connectivity index (χ0n) is 18.1. The Bertz CT molecular complexity index is 1080. The summed E-state index contributed by atoms with van der Waals surface area (Å²) in [6, 6.07) is 5.28. The number of piperidine rings is 1. The molecule has 1 unspecified atom stereocenters. The van der Waals surface area contributed by atoms with Crippen molar-refractivity contribution in [3.63, 3.8) is 0 Å². The van der Waals surface area contributed by atoms with Crippen LogP contribution in [0, 0.1) is 12.3 Å². The number of hydrogen-bond acceptors (Lipinski definition) is 8. The monoisotopic (exact) mass is 437 g/mol. The fourth-order valence-corrected chi connectivity index (χ4v) is 5.25. The largest absolute Gasteiger partial charge is 0.457 e. The van der Waals surface area contributed by atoms with Crippen LogP contribution >= 0.6 is 0 Å². The number of nitrogens with zero attached hydrogens (tertiary/aromatic N) is 4. The van der Waals surface area contributed by atoms with Gasteiger partial charge in [0, 0.05) is 24.8 Å². The quantitative estimate of drug-likeness (QED) is 0.692. The molecular formula is C23H27N5O4. The normalized spacial score (nSPS) is 21.1. The predicted molar refractivity (Wildman–Crippen MR) is 117 cm³/mol. The standard InChI is InChI=1S/C23H27N5O4/c1-14-15(2-3-16-17(14)13-32-20(16)30)18(29)12-27-9-5-23(6-10-27)7-11-28(21(23)31)19-4-8-25-22(24)26-19/h2-4,8,18,29H,5-7,9-13H2,1H3,(H2,24,25,26). The molecule has 32 heavy (non-hydrogen) atoms. The second kappa shape index (κ2) is 7.83. The van der Waals surface area contributed by atoms with Crippen molar-refractivity contribution in [2.45, 2.75) is 38.9 Å². The molecule has 0 saturated carbocycles. The van der Waals surface area contributed by atoms with Gasteiger partial charge in [0.2, 0.25) is 11.9 Å². The van der Waals surface area contributed by atoms with Crippen LogP contribution in [-0.4, -0.2) is 58.0 Å². The number of anilines is 2. The summed E-state index contributed by atoms with van der Waals surface area (Å²) in [5, 5.41) is 10.9. The highest BCUT2D eigenvalue weighted by molar-refractivity contribution is 5.99. The molecule has 1 atom stereocenters. The molecule has 3 aliphatic rings. The Morgan fingerprint density at radius 1 is 1.19 bits per heavy atom. The summed E-state index contributed by atoms with van der Waals surface area (Å²) in [6.07, 6.45) is 3.21. The Hall–Kier alpha value is -3.04. The highest BCUT2D eigenvalue weighted by Gasteiger charge is 2.49. The Morgan fingerprint density at radius 3 is 2.69 bits per heavy atom. The minimum Gasteiger partial charge on any atom is -0.457 e. The lowest BCUT2D eigenvalue weighted by Gasteiger charge is -2.38. The van der Waals surface area contributed by atoms with Gasteiger partial charge in [-0.25, -0.2) is 9.78 Å². The second-order valence-corrected chi connectivity index (χ2v) is 8.96. The van der Waals surface area contributed by atoms with E-state index < -0.39 is 6.10 Å². The summed E-state index contributed by atoms with van der Waals surface area (Å²) in [7, 11) is 0. The van der Waals surface area contributed by atoms with Crippen LogP contribution in [0.1, 0.15) is 52.4 Å². The van der Waals surface area contributed by atoms with Crippen LogP contribution < -0.4 is 10.6 Å². The average molecular weight is 438 g/mol.